The van der Waals surface area contributed by atoms with E-state index in [1.807, 2.05) is 36.4 Å². The summed E-state index contributed by atoms with van der Waals surface area (Å²) in [5, 5.41) is 30.6. The Labute approximate surface area is 189 Å². The Kier molecular flexibility index (Phi) is 5.91. The van der Waals surface area contributed by atoms with Crippen LogP contribution in [0.25, 0.3) is 0 Å². The molecule has 0 aliphatic carbocycles. The molecule has 3 nitrogen and oxygen atoms in total. The monoisotopic (exact) mass is 424 g/mol. The summed E-state index contributed by atoms with van der Waals surface area (Å²) in [5.74, 6) is 0.546. The maximum atomic E-state index is 10.5. The van der Waals surface area contributed by atoms with Crippen LogP contribution in [-0.4, -0.2) is 15.3 Å². The Hall–Kier alpha value is -3.72. The van der Waals surface area contributed by atoms with Crippen molar-refractivity contribution in [3.8, 4) is 17.2 Å². The molecule has 3 N–H and O–H groups in total. The zero-order valence-electron chi connectivity index (χ0n) is 18.4. The van der Waals surface area contributed by atoms with Crippen LogP contribution >= 0.6 is 0 Å². The first kappa shape index (κ1) is 21.5. The van der Waals surface area contributed by atoms with Crippen LogP contribution in [0.4, 0.5) is 0 Å². The van der Waals surface area contributed by atoms with Crippen molar-refractivity contribution in [2.45, 2.75) is 31.6 Å². The number of rotatable bonds is 6. The number of para-hydroxylation sites is 2. The van der Waals surface area contributed by atoms with Crippen molar-refractivity contribution in [1.29, 1.82) is 0 Å². The Morgan fingerprint density at radius 3 is 1.50 bits per heavy atom. The van der Waals surface area contributed by atoms with Crippen molar-refractivity contribution in [3.63, 3.8) is 0 Å². The lowest BCUT2D eigenvalue weighted by atomic mass is 9.77. The molecule has 3 heteroatoms. The molecule has 0 aromatic heterocycles. The third kappa shape index (κ3) is 4.33. The second kappa shape index (κ2) is 8.80. The molecule has 4 rings (SSSR count). The van der Waals surface area contributed by atoms with Crippen LogP contribution in [-0.2, 0) is 11.8 Å². The minimum Gasteiger partial charge on any atom is -0.508 e. The van der Waals surface area contributed by atoms with E-state index in [9.17, 15) is 15.3 Å². The molecule has 162 valence electrons. The summed E-state index contributed by atoms with van der Waals surface area (Å²) in [6.45, 7) is 4.34. The van der Waals surface area contributed by atoms with E-state index < -0.39 is 0 Å². The SMILES string of the molecule is CC(C)(c1ccc(O)cc1)c1ccc(CC(c2ccccc2O)c2ccccc2O)cc1. The molecule has 4 aromatic rings. The van der Waals surface area contributed by atoms with E-state index in [0.717, 1.165) is 22.3 Å². The number of aromatic hydroxyl groups is 3. The highest BCUT2D eigenvalue weighted by atomic mass is 16.3. The van der Waals surface area contributed by atoms with Crippen LogP contribution < -0.4 is 0 Å². The second-order valence-corrected chi connectivity index (χ2v) is 8.74. The van der Waals surface area contributed by atoms with E-state index in [0.29, 0.717) is 6.42 Å². The average Bonchev–Trinajstić information content (AvgIpc) is 2.79. The molecule has 0 atom stereocenters. The molecule has 0 spiro atoms. The van der Waals surface area contributed by atoms with Crippen LogP contribution in [0.2, 0.25) is 0 Å². The fourth-order valence-corrected chi connectivity index (χ4v) is 4.29. The van der Waals surface area contributed by atoms with Gasteiger partial charge in [0.1, 0.15) is 17.2 Å². The highest BCUT2D eigenvalue weighted by Crippen LogP contribution is 2.38. The second-order valence-electron chi connectivity index (χ2n) is 8.74. The molecule has 0 radical (unpaired) electrons. The van der Waals surface area contributed by atoms with Gasteiger partial charge < -0.3 is 15.3 Å². The number of hydrogen-bond donors (Lipinski definition) is 3. The summed E-state index contributed by atoms with van der Waals surface area (Å²) in [4.78, 5) is 0. The van der Waals surface area contributed by atoms with Crippen molar-refractivity contribution in [3.05, 3.63) is 125 Å². The van der Waals surface area contributed by atoms with Gasteiger partial charge in [-0.05, 0) is 47.4 Å². The molecule has 0 bridgehead atoms. The highest BCUT2D eigenvalue weighted by molar-refractivity contribution is 5.48. The van der Waals surface area contributed by atoms with Gasteiger partial charge in [0.2, 0.25) is 0 Å². The molecule has 4 aromatic carbocycles. The summed E-state index contributed by atoms with van der Waals surface area (Å²) >= 11 is 0. The summed E-state index contributed by atoms with van der Waals surface area (Å²) in [5.41, 5.74) is 4.80. The fourth-order valence-electron chi connectivity index (χ4n) is 4.29. The quantitative estimate of drug-likeness (QED) is 0.331. The average molecular weight is 425 g/mol. The van der Waals surface area contributed by atoms with Crippen LogP contribution in [0.1, 0.15) is 47.6 Å². The van der Waals surface area contributed by atoms with Crippen molar-refractivity contribution < 1.29 is 15.3 Å². The molecule has 0 saturated heterocycles. The van der Waals surface area contributed by atoms with Gasteiger partial charge >= 0.3 is 0 Å². The van der Waals surface area contributed by atoms with Crippen LogP contribution in [0.3, 0.4) is 0 Å². The normalized spacial score (nSPS) is 11.6. The predicted octanol–water partition coefficient (Wildman–Crippen LogP) is 6.50. The van der Waals surface area contributed by atoms with Gasteiger partial charge in [0.05, 0.1) is 0 Å². The molecular weight excluding hydrogens is 396 g/mol. The van der Waals surface area contributed by atoms with Gasteiger partial charge in [-0.3, -0.25) is 0 Å². The Balaban J connectivity index is 1.66. The standard InChI is InChI=1S/C29H28O3/c1-29(2,22-15-17-23(30)18-16-22)21-13-11-20(12-14-21)19-26(24-7-3-5-9-27(24)31)25-8-4-6-10-28(25)32/h3-18,26,30-32H,19H2,1-2H3. The number of phenolic OH excluding ortho intramolecular Hbond substituents is 3. The molecule has 32 heavy (non-hydrogen) atoms. The van der Waals surface area contributed by atoms with Crippen molar-refractivity contribution in [1.82, 2.24) is 0 Å². The van der Waals surface area contributed by atoms with E-state index in [-0.39, 0.29) is 28.6 Å². The molecule has 0 unspecified atom stereocenters. The molecule has 0 fully saturated rings. The Morgan fingerprint density at radius 1 is 0.594 bits per heavy atom. The Bertz CT molecular complexity index is 1150. The summed E-state index contributed by atoms with van der Waals surface area (Å²) in [6, 6.07) is 30.5. The van der Waals surface area contributed by atoms with Gasteiger partial charge in [-0.15, -0.1) is 0 Å². The van der Waals surface area contributed by atoms with Crippen molar-refractivity contribution in [2.24, 2.45) is 0 Å². The molecule has 0 heterocycles. The van der Waals surface area contributed by atoms with Gasteiger partial charge in [0, 0.05) is 22.5 Å². The smallest absolute Gasteiger partial charge is 0.119 e. The predicted molar refractivity (Wildman–Crippen MR) is 128 cm³/mol. The van der Waals surface area contributed by atoms with Crippen LogP contribution in [0.5, 0.6) is 17.2 Å². The van der Waals surface area contributed by atoms with E-state index in [1.165, 1.54) is 5.56 Å². The van der Waals surface area contributed by atoms with Crippen LogP contribution in [0, 0.1) is 0 Å². The molecule has 0 saturated carbocycles. The third-order valence-corrected chi connectivity index (χ3v) is 6.33. The van der Waals surface area contributed by atoms with Gasteiger partial charge in [0.15, 0.2) is 0 Å². The molecule has 0 aliphatic rings. The maximum Gasteiger partial charge on any atom is 0.119 e. The zero-order chi connectivity index (χ0) is 22.7. The maximum absolute atomic E-state index is 10.5. The lowest BCUT2D eigenvalue weighted by Crippen LogP contribution is -2.18. The first-order valence-corrected chi connectivity index (χ1v) is 10.8. The van der Waals surface area contributed by atoms with Crippen molar-refractivity contribution >= 4 is 0 Å². The van der Waals surface area contributed by atoms with Gasteiger partial charge in [0.25, 0.3) is 0 Å². The first-order chi connectivity index (χ1) is 15.4. The first-order valence-electron chi connectivity index (χ1n) is 10.8. The van der Waals surface area contributed by atoms with Gasteiger partial charge in [-0.25, -0.2) is 0 Å². The molecule has 0 aliphatic heterocycles. The minimum absolute atomic E-state index is 0.173. The van der Waals surface area contributed by atoms with E-state index in [4.69, 9.17) is 0 Å². The molecule has 0 amide bonds. The van der Waals surface area contributed by atoms with Crippen LogP contribution in [0.15, 0.2) is 97.1 Å². The number of benzene rings is 4. The lowest BCUT2D eigenvalue weighted by molar-refractivity contribution is 0.453. The largest absolute Gasteiger partial charge is 0.508 e. The highest BCUT2D eigenvalue weighted by Gasteiger charge is 2.24. The number of phenols is 3. The van der Waals surface area contributed by atoms with Crippen molar-refractivity contribution in [2.75, 3.05) is 0 Å². The summed E-state index contributed by atoms with van der Waals surface area (Å²) in [7, 11) is 0. The third-order valence-electron chi connectivity index (χ3n) is 6.33. The van der Waals surface area contributed by atoms with E-state index >= 15 is 0 Å². The fraction of sp³-hybridized carbons (Fsp3) is 0.172. The topological polar surface area (TPSA) is 60.7 Å². The zero-order valence-corrected chi connectivity index (χ0v) is 18.4. The van der Waals surface area contributed by atoms with Gasteiger partial charge in [-0.1, -0.05) is 86.6 Å². The summed E-state index contributed by atoms with van der Waals surface area (Å²) in [6.07, 6.45) is 0.648. The minimum atomic E-state index is -0.207. The molecular formula is C29H28O3. The van der Waals surface area contributed by atoms with Gasteiger partial charge in [-0.2, -0.15) is 0 Å². The Morgan fingerprint density at radius 2 is 1.03 bits per heavy atom. The number of hydrogen-bond acceptors (Lipinski definition) is 3. The van der Waals surface area contributed by atoms with E-state index in [1.54, 1.807) is 36.4 Å². The van der Waals surface area contributed by atoms with E-state index in [2.05, 4.69) is 38.1 Å². The summed E-state index contributed by atoms with van der Waals surface area (Å²) < 4.78 is 0. The lowest BCUT2D eigenvalue weighted by Gasteiger charge is -2.27.